The number of fused-ring (bicyclic) bond motifs is 2. The van der Waals surface area contributed by atoms with Gasteiger partial charge in [-0.15, -0.1) is 0 Å². The molecule has 4 heteroatoms. The summed E-state index contributed by atoms with van der Waals surface area (Å²) in [4.78, 5) is 16.3. The maximum atomic E-state index is 12.2. The van der Waals surface area contributed by atoms with Gasteiger partial charge < -0.3 is 9.88 Å². The summed E-state index contributed by atoms with van der Waals surface area (Å²) in [6.07, 6.45) is 12.2. The molecule has 0 saturated heterocycles. The predicted octanol–water partition coefficient (Wildman–Crippen LogP) is 3.43. The van der Waals surface area contributed by atoms with E-state index in [1.807, 2.05) is 35.0 Å². The van der Waals surface area contributed by atoms with E-state index in [-0.39, 0.29) is 5.91 Å². The lowest BCUT2D eigenvalue weighted by Crippen LogP contribution is -2.27. The van der Waals surface area contributed by atoms with Gasteiger partial charge in [0.25, 0.3) is 5.91 Å². The normalized spacial score (nSPS) is 25.7. The van der Waals surface area contributed by atoms with Crippen molar-refractivity contribution in [2.75, 3.05) is 6.54 Å². The van der Waals surface area contributed by atoms with Gasteiger partial charge in [-0.05, 0) is 67.7 Å². The second kappa shape index (κ2) is 6.19. The van der Waals surface area contributed by atoms with Crippen LogP contribution in [0.5, 0.6) is 0 Å². The highest BCUT2D eigenvalue weighted by Gasteiger charge is 2.38. The SMILES string of the molecule is O=C(NCCC1CC2CCC1C2)c1ccc(-n2ccnc2)cc1. The molecule has 2 bridgehead atoms. The summed E-state index contributed by atoms with van der Waals surface area (Å²) in [6, 6.07) is 7.66. The molecule has 0 radical (unpaired) electrons. The molecule has 1 heterocycles. The minimum atomic E-state index is 0.0327. The number of hydrogen-bond acceptors (Lipinski definition) is 2. The molecule has 2 saturated carbocycles. The van der Waals surface area contributed by atoms with Crippen LogP contribution in [0.25, 0.3) is 5.69 Å². The van der Waals surface area contributed by atoms with Crippen LogP contribution in [0.1, 0.15) is 42.5 Å². The summed E-state index contributed by atoms with van der Waals surface area (Å²) < 4.78 is 1.93. The fourth-order valence-electron chi connectivity index (χ4n) is 4.40. The molecule has 4 nitrogen and oxygen atoms in total. The van der Waals surface area contributed by atoms with Crippen molar-refractivity contribution in [1.82, 2.24) is 14.9 Å². The third kappa shape index (κ3) is 3.03. The van der Waals surface area contributed by atoms with Gasteiger partial charge in [-0.1, -0.05) is 6.42 Å². The van der Waals surface area contributed by atoms with Crippen molar-refractivity contribution in [2.24, 2.45) is 17.8 Å². The van der Waals surface area contributed by atoms with E-state index in [2.05, 4.69) is 10.3 Å². The third-order valence-corrected chi connectivity index (χ3v) is 5.62. The minimum absolute atomic E-state index is 0.0327. The molecule has 2 fully saturated rings. The van der Waals surface area contributed by atoms with Crippen LogP contribution in [-0.4, -0.2) is 22.0 Å². The first-order chi connectivity index (χ1) is 11.3. The van der Waals surface area contributed by atoms with Gasteiger partial charge in [-0.2, -0.15) is 0 Å². The molecule has 0 spiro atoms. The molecule has 120 valence electrons. The summed E-state index contributed by atoms with van der Waals surface area (Å²) in [6.45, 7) is 0.802. The van der Waals surface area contributed by atoms with Crippen molar-refractivity contribution in [3.8, 4) is 5.69 Å². The smallest absolute Gasteiger partial charge is 0.251 e. The molecule has 3 unspecified atom stereocenters. The van der Waals surface area contributed by atoms with Crippen LogP contribution >= 0.6 is 0 Å². The lowest BCUT2D eigenvalue weighted by molar-refractivity contribution is 0.0949. The van der Waals surface area contributed by atoms with Crippen LogP contribution in [-0.2, 0) is 0 Å². The summed E-state index contributed by atoms with van der Waals surface area (Å²) >= 11 is 0. The summed E-state index contributed by atoms with van der Waals surface area (Å²) in [5.41, 5.74) is 1.74. The Morgan fingerprint density at radius 2 is 2.09 bits per heavy atom. The molecule has 1 amide bonds. The van der Waals surface area contributed by atoms with Crippen LogP contribution in [0.3, 0.4) is 0 Å². The van der Waals surface area contributed by atoms with Gasteiger partial charge in [0.2, 0.25) is 0 Å². The van der Waals surface area contributed by atoms with Crippen LogP contribution in [0.15, 0.2) is 43.0 Å². The Balaban J connectivity index is 1.29. The standard InChI is InChI=1S/C19H23N3O/c23-19(21-8-7-17-12-14-1-2-16(17)11-14)15-3-5-18(6-4-15)22-10-9-20-13-22/h3-6,9-10,13-14,16-17H,1-2,7-8,11-12H2,(H,21,23). The van der Waals surface area contributed by atoms with Crippen LogP contribution < -0.4 is 5.32 Å². The summed E-state index contributed by atoms with van der Waals surface area (Å²) in [5, 5.41) is 3.08. The van der Waals surface area contributed by atoms with Crippen molar-refractivity contribution in [3.05, 3.63) is 48.5 Å². The molecule has 1 aromatic carbocycles. The van der Waals surface area contributed by atoms with Crippen molar-refractivity contribution in [3.63, 3.8) is 0 Å². The largest absolute Gasteiger partial charge is 0.352 e. The van der Waals surface area contributed by atoms with Crippen molar-refractivity contribution in [1.29, 1.82) is 0 Å². The fourth-order valence-corrected chi connectivity index (χ4v) is 4.40. The van der Waals surface area contributed by atoms with Crippen LogP contribution in [0.2, 0.25) is 0 Å². The number of carbonyl (C=O) groups is 1. The lowest BCUT2D eigenvalue weighted by atomic mass is 9.86. The number of aromatic nitrogens is 2. The van der Waals surface area contributed by atoms with E-state index in [1.54, 1.807) is 12.5 Å². The molecular weight excluding hydrogens is 286 g/mol. The zero-order chi connectivity index (χ0) is 15.6. The molecule has 1 N–H and O–H groups in total. The fraction of sp³-hybridized carbons (Fsp3) is 0.474. The van der Waals surface area contributed by atoms with Gasteiger partial charge >= 0.3 is 0 Å². The Labute approximate surface area is 136 Å². The average molecular weight is 309 g/mol. The molecular formula is C19H23N3O. The average Bonchev–Trinajstić information content (AvgIpc) is 3.32. The molecule has 3 atom stereocenters. The first-order valence-electron chi connectivity index (χ1n) is 8.66. The van der Waals surface area contributed by atoms with Crippen molar-refractivity contribution >= 4 is 5.91 Å². The maximum Gasteiger partial charge on any atom is 0.251 e. The summed E-state index contributed by atoms with van der Waals surface area (Å²) in [7, 11) is 0. The monoisotopic (exact) mass is 309 g/mol. The predicted molar refractivity (Wildman–Crippen MR) is 89.5 cm³/mol. The van der Waals surface area contributed by atoms with Gasteiger partial charge in [-0.25, -0.2) is 4.98 Å². The van der Waals surface area contributed by atoms with Gasteiger partial charge in [0.1, 0.15) is 0 Å². The van der Waals surface area contributed by atoms with Crippen molar-refractivity contribution < 1.29 is 4.79 Å². The molecule has 1 aromatic heterocycles. The Bertz CT molecular complexity index is 662. The maximum absolute atomic E-state index is 12.2. The van der Waals surface area contributed by atoms with E-state index in [1.165, 1.54) is 25.7 Å². The number of nitrogens with zero attached hydrogens (tertiary/aromatic N) is 2. The molecule has 2 aromatic rings. The molecule has 2 aliphatic rings. The highest BCUT2D eigenvalue weighted by molar-refractivity contribution is 5.94. The van der Waals surface area contributed by atoms with E-state index in [9.17, 15) is 4.79 Å². The topological polar surface area (TPSA) is 46.9 Å². The quantitative estimate of drug-likeness (QED) is 0.920. The number of nitrogens with one attached hydrogen (secondary N) is 1. The Kier molecular flexibility index (Phi) is 3.90. The van der Waals surface area contributed by atoms with Gasteiger partial charge in [0.05, 0.1) is 6.33 Å². The van der Waals surface area contributed by atoms with E-state index < -0.39 is 0 Å². The van der Waals surface area contributed by atoms with Crippen LogP contribution in [0.4, 0.5) is 0 Å². The second-order valence-electron chi connectivity index (χ2n) is 7.00. The van der Waals surface area contributed by atoms with E-state index in [4.69, 9.17) is 0 Å². The van der Waals surface area contributed by atoms with E-state index >= 15 is 0 Å². The van der Waals surface area contributed by atoms with Crippen LogP contribution in [0, 0.1) is 17.8 Å². The molecule has 4 rings (SSSR count). The highest BCUT2D eigenvalue weighted by Crippen LogP contribution is 2.49. The number of hydrogen-bond donors (Lipinski definition) is 1. The van der Waals surface area contributed by atoms with Gasteiger partial charge in [0, 0.05) is 30.2 Å². The molecule has 0 aliphatic heterocycles. The Hall–Kier alpha value is -2.10. The minimum Gasteiger partial charge on any atom is -0.352 e. The number of benzene rings is 1. The van der Waals surface area contributed by atoms with E-state index in [0.717, 1.165) is 42.0 Å². The Morgan fingerprint density at radius 3 is 2.74 bits per heavy atom. The lowest BCUT2D eigenvalue weighted by Gasteiger charge is -2.21. The van der Waals surface area contributed by atoms with Gasteiger partial charge in [-0.3, -0.25) is 4.79 Å². The Morgan fingerprint density at radius 1 is 1.22 bits per heavy atom. The number of imidazole rings is 1. The second-order valence-corrected chi connectivity index (χ2v) is 7.00. The van der Waals surface area contributed by atoms with Crippen molar-refractivity contribution in [2.45, 2.75) is 32.1 Å². The number of amides is 1. The first kappa shape index (κ1) is 14.5. The zero-order valence-electron chi connectivity index (χ0n) is 13.3. The summed E-state index contributed by atoms with van der Waals surface area (Å²) in [5.74, 6) is 2.80. The third-order valence-electron chi connectivity index (χ3n) is 5.62. The van der Waals surface area contributed by atoms with Gasteiger partial charge in [0.15, 0.2) is 0 Å². The molecule has 23 heavy (non-hydrogen) atoms. The number of rotatable bonds is 5. The zero-order valence-corrected chi connectivity index (χ0v) is 13.3. The number of carbonyl (C=O) groups excluding carboxylic acids is 1. The first-order valence-corrected chi connectivity index (χ1v) is 8.66. The highest BCUT2D eigenvalue weighted by atomic mass is 16.1. The molecule has 2 aliphatic carbocycles. The van der Waals surface area contributed by atoms with E-state index in [0.29, 0.717) is 0 Å².